The van der Waals surface area contributed by atoms with Crippen molar-refractivity contribution in [3.8, 4) is 0 Å². The number of rotatable bonds is 6. The highest BCUT2D eigenvalue weighted by atomic mass is 32.2. The molecule has 1 amide bonds. The Morgan fingerprint density at radius 2 is 1.71 bits per heavy atom. The van der Waals surface area contributed by atoms with Crippen LogP contribution in [0.3, 0.4) is 0 Å². The van der Waals surface area contributed by atoms with E-state index in [0.29, 0.717) is 37.2 Å². The monoisotopic (exact) mass is 459 g/mol. The van der Waals surface area contributed by atoms with E-state index in [2.05, 4.69) is 30.5 Å². The van der Waals surface area contributed by atoms with E-state index in [0.717, 1.165) is 17.4 Å². The first-order chi connectivity index (χ1) is 14.9. The second-order valence-electron chi connectivity index (χ2n) is 7.88. The number of carbonyl (C=O) groups excluding carboxylic acids is 1. The third-order valence-electron chi connectivity index (χ3n) is 5.47. The minimum Gasteiger partial charge on any atom is -0.368 e. The first-order valence-electron chi connectivity index (χ1n) is 10.2. The summed E-state index contributed by atoms with van der Waals surface area (Å²) >= 11 is 0.964. The number of nitrogens with zero attached hydrogens (tertiary/aromatic N) is 4. The minimum absolute atomic E-state index is 0.0473. The summed E-state index contributed by atoms with van der Waals surface area (Å²) < 4.78 is 37.1. The predicted molar refractivity (Wildman–Crippen MR) is 122 cm³/mol. The lowest BCUT2D eigenvalue weighted by Crippen LogP contribution is -2.56. The Kier molecular flexibility index (Phi) is 6.22. The smallest absolute Gasteiger partial charge is 0.243 e. The molecule has 1 aromatic heterocycles. The van der Waals surface area contributed by atoms with E-state index < -0.39 is 16.1 Å². The number of fused-ring (bicyclic) bond motifs is 1. The number of benzene rings is 2. The Hall–Kier alpha value is -2.56. The molecule has 1 saturated heterocycles. The SMILES string of the molecule is CC(C)C(NS(=O)(=O)c1cccc2nsnc12)C(=O)N1CCN(c2ccccc2)CC1. The Morgan fingerprint density at radius 3 is 2.39 bits per heavy atom. The number of aromatic nitrogens is 2. The molecular formula is C21H25N5O3S2. The van der Waals surface area contributed by atoms with Crippen LogP contribution >= 0.6 is 11.7 Å². The number of amides is 1. The summed E-state index contributed by atoms with van der Waals surface area (Å²) in [7, 11) is -3.94. The molecule has 4 rings (SSSR count). The quantitative estimate of drug-likeness (QED) is 0.608. The van der Waals surface area contributed by atoms with Crippen molar-refractivity contribution >= 4 is 44.4 Å². The zero-order chi connectivity index (χ0) is 22.0. The molecule has 0 aliphatic carbocycles. The van der Waals surface area contributed by atoms with E-state index in [9.17, 15) is 13.2 Å². The lowest BCUT2D eigenvalue weighted by Gasteiger charge is -2.38. The van der Waals surface area contributed by atoms with Gasteiger partial charge >= 0.3 is 0 Å². The molecular weight excluding hydrogens is 434 g/mol. The third-order valence-corrected chi connectivity index (χ3v) is 7.48. The summed E-state index contributed by atoms with van der Waals surface area (Å²) in [5.74, 6) is -0.406. The maximum Gasteiger partial charge on any atom is 0.243 e. The van der Waals surface area contributed by atoms with E-state index in [1.807, 2.05) is 32.0 Å². The van der Waals surface area contributed by atoms with Crippen molar-refractivity contribution in [2.75, 3.05) is 31.1 Å². The van der Waals surface area contributed by atoms with Crippen LogP contribution in [-0.2, 0) is 14.8 Å². The van der Waals surface area contributed by atoms with Crippen LogP contribution in [0.4, 0.5) is 5.69 Å². The molecule has 1 unspecified atom stereocenters. The van der Waals surface area contributed by atoms with Gasteiger partial charge in [0.1, 0.15) is 22.0 Å². The Balaban J connectivity index is 1.49. The van der Waals surface area contributed by atoms with Crippen LogP contribution in [0.1, 0.15) is 13.8 Å². The van der Waals surface area contributed by atoms with Gasteiger partial charge in [-0.1, -0.05) is 38.1 Å². The number of hydrogen-bond acceptors (Lipinski definition) is 7. The standard InChI is InChI=1S/C21H25N5O3S2/c1-15(2)19(24-31(28,29)18-10-6-9-17-20(18)23-30-22-17)21(27)26-13-11-25(12-14-26)16-7-4-3-5-8-16/h3-10,15,19,24H,11-14H2,1-2H3. The Morgan fingerprint density at radius 1 is 1.00 bits per heavy atom. The zero-order valence-electron chi connectivity index (χ0n) is 17.4. The summed E-state index contributed by atoms with van der Waals surface area (Å²) in [6.45, 7) is 6.19. The molecule has 3 aromatic rings. The number of para-hydroxylation sites is 1. The van der Waals surface area contributed by atoms with Gasteiger partial charge in [0.2, 0.25) is 15.9 Å². The molecule has 0 spiro atoms. The molecule has 31 heavy (non-hydrogen) atoms. The van der Waals surface area contributed by atoms with Gasteiger partial charge in [0, 0.05) is 31.9 Å². The van der Waals surface area contributed by atoms with Crippen molar-refractivity contribution in [2.24, 2.45) is 5.92 Å². The van der Waals surface area contributed by atoms with Gasteiger partial charge in [-0.15, -0.1) is 0 Å². The Labute approximate surface area is 186 Å². The van der Waals surface area contributed by atoms with Gasteiger partial charge in [0.25, 0.3) is 0 Å². The van der Waals surface area contributed by atoms with Crippen LogP contribution < -0.4 is 9.62 Å². The summed E-state index contributed by atoms with van der Waals surface area (Å²) in [5.41, 5.74) is 1.98. The van der Waals surface area contributed by atoms with Gasteiger partial charge in [0.05, 0.1) is 11.7 Å². The summed E-state index contributed by atoms with van der Waals surface area (Å²) in [6.07, 6.45) is 0. The zero-order valence-corrected chi connectivity index (χ0v) is 19.1. The van der Waals surface area contributed by atoms with Crippen molar-refractivity contribution in [1.29, 1.82) is 0 Å². The molecule has 1 fully saturated rings. The molecule has 1 aliphatic rings. The molecule has 1 N–H and O–H groups in total. The predicted octanol–water partition coefficient (Wildman–Crippen LogP) is 2.34. The highest BCUT2D eigenvalue weighted by molar-refractivity contribution is 7.89. The van der Waals surface area contributed by atoms with Gasteiger partial charge in [-0.3, -0.25) is 4.79 Å². The van der Waals surface area contributed by atoms with E-state index in [4.69, 9.17) is 0 Å². The van der Waals surface area contributed by atoms with Crippen LogP contribution in [-0.4, -0.2) is 60.2 Å². The van der Waals surface area contributed by atoms with Crippen LogP contribution in [0.2, 0.25) is 0 Å². The summed E-state index contributed by atoms with van der Waals surface area (Å²) in [5, 5.41) is 0. The fourth-order valence-electron chi connectivity index (χ4n) is 3.72. The first-order valence-corrected chi connectivity index (χ1v) is 12.4. The fourth-order valence-corrected chi connectivity index (χ4v) is 5.83. The fraction of sp³-hybridized carbons (Fsp3) is 0.381. The van der Waals surface area contributed by atoms with Gasteiger partial charge in [-0.2, -0.15) is 13.5 Å². The van der Waals surface area contributed by atoms with Crippen molar-refractivity contribution < 1.29 is 13.2 Å². The van der Waals surface area contributed by atoms with Gasteiger partial charge in [-0.05, 0) is 30.2 Å². The van der Waals surface area contributed by atoms with Crippen molar-refractivity contribution in [3.05, 3.63) is 48.5 Å². The second-order valence-corrected chi connectivity index (χ2v) is 10.1. The summed E-state index contributed by atoms with van der Waals surface area (Å²) in [4.78, 5) is 17.3. The normalized spacial score (nSPS) is 16.1. The number of nitrogens with one attached hydrogen (secondary N) is 1. The molecule has 0 saturated carbocycles. The average Bonchev–Trinajstić information content (AvgIpc) is 3.26. The number of anilines is 1. The molecule has 164 valence electrons. The van der Waals surface area contributed by atoms with Crippen LogP contribution in [0.15, 0.2) is 53.4 Å². The average molecular weight is 460 g/mol. The molecule has 2 heterocycles. The maximum absolute atomic E-state index is 13.3. The van der Waals surface area contributed by atoms with E-state index in [1.54, 1.807) is 17.0 Å². The molecule has 8 nitrogen and oxygen atoms in total. The lowest BCUT2D eigenvalue weighted by molar-refractivity contribution is -0.134. The molecule has 1 atom stereocenters. The van der Waals surface area contributed by atoms with Crippen molar-refractivity contribution in [3.63, 3.8) is 0 Å². The largest absolute Gasteiger partial charge is 0.368 e. The topological polar surface area (TPSA) is 95.5 Å². The number of hydrogen-bond donors (Lipinski definition) is 1. The van der Waals surface area contributed by atoms with Crippen molar-refractivity contribution in [2.45, 2.75) is 24.8 Å². The number of piperazine rings is 1. The highest BCUT2D eigenvalue weighted by Gasteiger charge is 2.34. The second kappa shape index (κ2) is 8.89. The maximum atomic E-state index is 13.3. The lowest BCUT2D eigenvalue weighted by atomic mass is 10.0. The minimum atomic E-state index is -3.94. The molecule has 0 radical (unpaired) electrons. The highest BCUT2D eigenvalue weighted by Crippen LogP contribution is 2.23. The molecule has 2 aromatic carbocycles. The van der Waals surface area contributed by atoms with Crippen LogP contribution in [0.25, 0.3) is 11.0 Å². The molecule has 0 bridgehead atoms. The summed E-state index contributed by atoms with van der Waals surface area (Å²) in [6, 6.07) is 14.1. The van der Waals surface area contributed by atoms with Gasteiger partial charge < -0.3 is 9.80 Å². The number of carbonyl (C=O) groups is 1. The van der Waals surface area contributed by atoms with E-state index in [-0.39, 0.29) is 16.7 Å². The van der Waals surface area contributed by atoms with Gasteiger partial charge in [0.15, 0.2) is 0 Å². The van der Waals surface area contributed by atoms with E-state index >= 15 is 0 Å². The third kappa shape index (κ3) is 4.56. The first kappa shape index (κ1) is 21.7. The van der Waals surface area contributed by atoms with Crippen molar-refractivity contribution in [1.82, 2.24) is 18.4 Å². The van der Waals surface area contributed by atoms with Crippen LogP contribution in [0, 0.1) is 5.92 Å². The Bertz CT molecular complexity index is 1160. The van der Waals surface area contributed by atoms with Gasteiger partial charge in [-0.25, -0.2) is 8.42 Å². The number of sulfonamides is 1. The van der Waals surface area contributed by atoms with E-state index in [1.165, 1.54) is 6.07 Å². The van der Waals surface area contributed by atoms with Crippen LogP contribution in [0.5, 0.6) is 0 Å². The molecule has 10 heteroatoms. The molecule has 1 aliphatic heterocycles.